The Labute approximate surface area is 64.5 Å². The Hall–Kier alpha value is -0.530. The number of carbonyl (C=O) groups is 1. The highest BCUT2D eigenvalue weighted by molar-refractivity contribution is 5.81. The van der Waals surface area contributed by atoms with Gasteiger partial charge >= 0.3 is 0 Å². The lowest BCUT2D eigenvalue weighted by Crippen LogP contribution is -2.35. The van der Waals surface area contributed by atoms with Crippen molar-refractivity contribution in [1.82, 2.24) is 5.32 Å². The summed E-state index contributed by atoms with van der Waals surface area (Å²) in [4.78, 5) is 11.2. The lowest BCUT2D eigenvalue weighted by atomic mass is 9.84. The normalized spacial score (nSPS) is 11.2. The lowest BCUT2D eigenvalue weighted by Gasteiger charge is -2.23. The number of hydrogen-bond acceptors (Lipinski definition) is 1. The third-order valence-electron chi connectivity index (χ3n) is 2.34. The second-order valence-electron chi connectivity index (χ2n) is 2.85. The summed E-state index contributed by atoms with van der Waals surface area (Å²) in [6.07, 6.45) is 1.81. The smallest absolute Gasteiger partial charge is 0.225 e. The van der Waals surface area contributed by atoms with E-state index in [0.29, 0.717) is 0 Å². The summed E-state index contributed by atoms with van der Waals surface area (Å²) in [7, 11) is 1.69. The van der Waals surface area contributed by atoms with Crippen LogP contribution < -0.4 is 5.32 Å². The van der Waals surface area contributed by atoms with Crippen LogP contribution in [0.5, 0.6) is 0 Å². The molecule has 2 nitrogen and oxygen atoms in total. The minimum Gasteiger partial charge on any atom is -0.359 e. The summed E-state index contributed by atoms with van der Waals surface area (Å²) in [6, 6.07) is 0. The van der Waals surface area contributed by atoms with Crippen LogP contribution >= 0.6 is 0 Å². The maximum Gasteiger partial charge on any atom is 0.225 e. The average molecular weight is 145 g/mol. The van der Waals surface area contributed by atoms with Crippen LogP contribution in [0.15, 0.2) is 0 Å². The molecule has 62 valence electrons. The van der Waals surface area contributed by atoms with Gasteiger partial charge in [0.1, 0.15) is 0 Å². The molecule has 0 spiro atoms. The third kappa shape index (κ3) is 1.72. The monoisotopic (exact) mass is 145 g/mol. The Morgan fingerprint density at radius 2 is 1.90 bits per heavy atom. The van der Waals surface area contributed by atoms with Crippen LogP contribution in [-0.2, 0) is 4.79 Å². The van der Waals surface area contributed by atoms with Gasteiger partial charge in [0.25, 0.3) is 0 Å². The minimum absolute atomic E-state index is 0. The van der Waals surface area contributed by atoms with Gasteiger partial charge in [0.2, 0.25) is 5.91 Å². The summed E-state index contributed by atoms with van der Waals surface area (Å²) in [6.45, 7) is 6.07. The molecule has 0 aromatic carbocycles. The second-order valence-corrected chi connectivity index (χ2v) is 2.85. The summed E-state index contributed by atoms with van der Waals surface area (Å²) < 4.78 is 0. The molecular formula is C8H19NO. The van der Waals surface area contributed by atoms with E-state index in [9.17, 15) is 4.79 Å². The maximum atomic E-state index is 11.2. The fourth-order valence-electron chi connectivity index (χ4n) is 0.873. The lowest BCUT2D eigenvalue weighted by molar-refractivity contribution is -0.130. The Balaban J connectivity index is 0. The molecule has 0 saturated heterocycles. The summed E-state index contributed by atoms with van der Waals surface area (Å²) in [5.41, 5.74) is -0.158. The topological polar surface area (TPSA) is 29.1 Å². The predicted molar refractivity (Wildman–Crippen MR) is 44.9 cm³/mol. The molecule has 0 aliphatic heterocycles. The molecule has 0 aliphatic carbocycles. The first-order chi connectivity index (χ1) is 4.60. The van der Waals surface area contributed by atoms with Gasteiger partial charge in [-0.1, -0.05) is 20.8 Å². The number of nitrogens with one attached hydrogen (secondary N) is 1. The highest BCUT2D eigenvalue weighted by Crippen LogP contribution is 2.24. The Bertz CT molecular complexity index is 121. The molecule has 1 N–H and O–H groups in total. The molecule has 0 fully saturated rings. The fourth-order valence-corrected chi connectivity index (χ4v) is 0.873. The molecule has 0 radical (unpaired) electrons. The quantitative estimate of drug-likeness (QED) is 0.644. The van der Waals surface area contributed by atoms with Crippen molar-refractivity contribution in [3.63, 3.8) is 0 Å². The molecule has 0 saturated carbocycles. The third-order valence-corrected chi connectivity index (χ3v) is 2.34. The zero-order chi connectivity index (χ0) is 8.20. The molecule has 0 rings (SSSR count). The van der Waals surface area contributed by atoms with Gasteiger partial charge in [-0.05, 0) is 12.8 Å². The van der Waals surface area contributed by atoms with Gasteiger partial charge in [-0.25, -0.2) is 0 Å². The number of carbonyl (C=O) groups excluding carboxylic acids is 1. The molecule has 0 bridgehead atoms. The number of amides is 1. The van der Waals surface area contributed by atoms with E-state index in [1.54, 1.807) is 7.05 Å². The first-order valence-corrected chi connectivity index (χ1v) is 3.83. The van der Waals surface area contributed by atoms with Crippen molar-refractivity contribution < 1.29 is 6.22 Å². The molecule has 0 aromatic heterocycles. The molecule has 0 aliphatic rings. The van der Waals surface area contributed by atoms with Crippen LogP contribution in [0.4, 0.5) is 0 Å². The van der Waals surface area contributed by atoms with E-state index in [2.05, 4.69) is 5.32 Å². The Morgan fingerprint density at radius 1 is 1.50 bits per heavy atom. The van der Waals surface area contributed by atoms with Gasteiger partial charge in [0.05, 0.1) is 0 Å². The maximum absolute atomic E-state index is 11.2. The van der Waals surface area contributed by atoms with Crippen molar-refractivity contribution in [3.8, 4) is 0 Å². The van der Waals surface area contributed by atoms with Gasteiger partial charge in [0.15, 0.2) is 0 Å². The summed E-state index contributed by atoms with van der Waals surface area (Å²) in [5.74, 6) is 0.150. The highest BCUT2D eigenvalue weighted by atomic mass is 16.2. The average Bonchev–Trinajstić information content (AvgIpc) is 2.01. The van der Waals surface area contributed by atoms with Crippen LogP contribution in [0.25, 0.3) is 0 Å². The van der Waals surface area contributed by atoms with E-state index >= 15 is 0 Å². The number of rotatable bonds is 3. The van der Waals surface area contributed by atoms with Gasteiger partial charge in [-0.2, -0.15) is 0 Å². The number of hydrogen-bond donors (Lipinski definition) is 1. The molecule has 0 unspecified atom stereocenters. The minimum atomic E-state index is -0.158. The molecule has 0 atom stereocenters. The molecular weight excluding hydrogens is 126 g/mol. The van der Waals surface area contributed by atoms with Gasteiger partial charge < -0.3 is 5.32 Å². The molecule has 10 heavy (non-hydrogen) atoms. The molecule has 0 heterocycles. The van der Waals surface area contributed by atoms with Crippen molar-refractivity contribution in [3.05, 3.63) is 0 Å². The van der Waals surface area contributed by atoms with E-state index in [0.717, 1.165) is 12.8 Å². The van der Waals surface area contributed by atoms with Crippen LogP contribution in [0.1, 0.15) is 35.0 Å². The van der Waals surface area contributed by atoms with E-state index in [1.165, 1.54) is 0 Å². The summed E-state index contributed by atoms with van der Waals surface area (Å²) in [5, 5.41) is 2.67. The van der Waals surface area contributed by atoms with Crippen LogP contribution in [0, 0.1) is 5.41 Å². The van der Waals surface area contributed by atoms with E-state index in [-0.39, 0.29) is 12.7 Å². The Kier molecular flexibility index (Phi) is 3.40. The molecule has 0 aromatic rings. The molecule has 1 amide bonds. The summed E-state index contributed by atoms with van der Waals surface area (Å²) >= 11 is 0. The van der Waals surface area contributed by atoms with Gasteiger partial charge in [-0.15, -0.1) is 0 Å². The zero-order valence-corrected chi connectivity index (χ0v) is 7.32. The highest BCUT2D eigenvalue weighted by Gasteiger charge is 2.27. The van der Waals surface area contributed by atoms with Crippen molar-refractivity contribution in [2.75, 3.05) is 7.05 Å². The van der Waals surface area contributed by atoms with Crippen LogP contribution in [-0.4, -0.2) is 13.0 Å². The molecule has 2 heteroatoms. The first kappa shape index (κ1) is 9.47. The van der Waals surface area contributed by atoms with E-state index in [4.69, 9.17) is 0 Å². The van der Waals surface area contributed by atoms with Crippen LogP contribution in [0.3, 0.4) is 0 Å². The first-order valence-electron chi connectivity index (χ1n) is 3.83. The SMILES string of the molecule is CCC(C)(CC)C(=O)NC.[HH]. The van der Waals surface area contributed by atoms with Crippen molar-refractivity contribution in [2.24, 2.45) is 5.41 Å². The van der Waals surface area contributed by atoms with Crippen LogP contribution in [0.2, 0.25) is 0 Å². The van der Waals surface area contributed by atoms with Crippen molar-refractivity contribution >= 4 is 5.91 Å². The second kappa shape index (κ2) is 3.59. The standard InChI is InChI=1S/C8H17NO.H2/c1-5-8(3,6-2)7(10)9-4;/h5-6H2,1-4H3,(H,9,10);1H. The van der Waals surface area contributed by atoms with E-state index < -0.39 is 0 Å². The van der Waals surface area contributed by atoms with Crippen molar-refractivity contribution in [2.45, 2.75) is 33.6 Å². The fraction of sp³-hybridized carbons (Fsp3) is 0.875. The van der Waals surface area contributed by atoms with E-state index in [1.807, 2.05) is 20.8 Å². The van der Waals surface area contributed by atoms with Gasteiger partial charge in [0, 0.05) is 13.9 Å². The largest absolute Gasteiger partial charge is 0.359 e. The predicted octanol–water partition coefficient (Wildman–Crippen LogP) is 1.80. The Morgan fingerprint density at radius 3 is 2.00 bits per heavy atom. The van der Waals surface area contributed by atoms with Gasteiger partial charge in [-0.3, -0.25) is 4.79 Å². The zero-order valence-electron chi connectivity index (χ0n) is 7.32. The van der Waals surface area contributed by atoms with Crippen molar-refractivity contribution in [1.29, 1.82) is 0 Å².